The third-order valence-corrected chi connectivity index (χ3v) is 2.15. The summed E-state index contributed by atoms with van der Waals surface area (Å²) < 4.78 is 25.8. The molecule has 15 heavy (non-hydrogen) atoms. The van der Waals surface area contributed by atoms with Crippen LogP contribution in [0.25, 0.3) is 0 Å². The molecule has 0 fully saturated rings. The smallest absolute Gasteiger partial charge is 0.304 e. The minimum Gasteiger partial charge on any atom is -0.481 e. The molecule has 0 saturated heterocycles. The van der Waals surface area contributed by atoms with Crippen molar-refractivity contribution >= 4 is 17.6 Å². The second kappa shape index (κ2) is 5.07. The molecule has 0 aromatic heterocycles. The number of carboxylic acid groups (broad SMARTS) is 1. The van der Waals surface area contributed by atoms with E-state index in [1.807, 2.05) is 0 Å². The summed E-state index contributed by atoms with van der Waals surface area (Å²) in [4.78, 5) is 10.3. The quantitative estimate of drug-likeness (QED) is 0.813. The van der Waals surface area contributed by atoms with E-state index in [2.05, 4.69) is 0 Å². The first kappa shape index (κ1) is 11.9. The van der Waals surface area contributed by atoms with Crippen LogP contribution in [0.5, 0.6) is 0 Å². The predicted molar refractivity (Wildman–Crippen MR) is 52.0 cm³/mol. The average Bonchev–Trinajstić information content (AvgIpc) is 2.10. The SMILES string of the molecule is O=C(O)CC(Cl)Cc1cc(F)ccc1F. The highest BCUT2D eigenvalue weighted by Gasteiger charge is 2.13. The normalized spacial score (nSPS) is 12.5. The fourth-order valence-electron chi connectivity index (χ4n) is 1.20. The molecule has 0 amide bonds. The molecule has 0 aliphatic rings. The van der Waals surface area contributed by atoms with Gasteiger partial charge in [-0.2, -0.15) is 0 Å². The molecule has 1 atom stereocenters. The zero-order valence-corrected chi connectivity index (χ0v) is 8.47. The van der Waals surface area contributed by atoms with Crippen LogP contribution in [0.15, 0.2) is 18.2 Å². The van der Waals surface area contributed by atoms with Gasteiger partial charge in [-0.3, -0.25) is 4.79 Å². The van der Waals surface area contributed by atoms with Crippen molar-refractivity contribution < 1.29 is 18.7 Å². The fourth-order valence-corrected chi connectivity index (χ4v) is 1.50. The van der Waals surface area contributed by atoms with Gasteiger partial charge < -0.3 is 5.11 Å². The number of hydrogen-bond donors (Lipinski definition) is 1. The number of halogens is 3. The average molecular weight is 235 g/mol. The summed E-state index contributed by atoms with van der Waals surface area (Å²) >= 11 is 5.66. The van der Waals surface area contributed by atoms with Crippen molar-refractivity contribution in [2.75, 3.05) is 0 Å². The highest BCUT2D eigenvalue weighted by Crippen LogP contribution is 2.16. The van der Waals surface area contributed by atoms with Crippen molar-refractivity contribution in [2.45, 2.75) is 18.2 Å². The fraction of sp³-hybridized carbons (Fsp3) is 0.300. The summed E-state index contributed by atoms with van der Waals surface area (Å²) in [6.45, 7) is 0. The molecule has 1 unspecified atom stereocenters. The summed E-state index contributed by atoms with van der Waals surface area (Å²) in [7, 11) is 0. The zero-order valence-electron chi connectivity index (χ0n) is 7.71. The Labute approximate surface area is 90.5 Å². The molecule has 0 bridgehead atoms. The Morgan fingerprint density at radius 1 is 1.47 bits per heavy atom. The molecular formula is C10H9ClF2O2. The van der Waals surface area contributed by atoms with Crippen LogP contribution in [0, 0.1) is 11.6 Å². The van der Waals surface area contributed by atoms with E-state index in [4.69, 9.17) is 16.7 Å². The van der Waals surface area contributed by atoms with E-state index in [-0.39, 0.29) is 18.4 Å². The number of rotatable bonds is 4. The largest absolute Gasteiger partial charge is 0.481 e. The van der Waals surface area contributed by atoms with Gasteiger partial charge in [0.25, 0.3) is 0 Å². The number of benzene rings is 1. The van der Waals surface area contributed by atoms with Gasteiger partial charge in [0.2, 0.25) is 0 Å². The van der Waals surface area contributed by atoms with Crippen LogP contribution < -0.4 is 0 Å². The van der Waals surface area contributed by atoms with Crippen molar-refractivity contribution in [1.29, 1.82) is 0 Å². The summed E-state index contributed by atoms with van der Waals surface area (Å²) in [5.74, 6) is -2.20. The van der Waals surface area contributed by atoms with Gasteiger partial charge in [-0.05, 0) is 30.2 Å². The Morgan fingerprint density at radius 3 is 2.73 bits per heavy atom. The van der Waals surface area contributed by atoms with Gasteiger partial charge in [0.15, 0.2) is 0 Å². The van der Waals surface area contributed by atoms with Crippen LogP contribution in [0.2, 0.25) is 0 Å². The first-order valence-electron chi connectivity index (χ1n) is 4.29. The first-order valence-corrected chi connectivity index (χ1v) is 4.72. The van der Waals surface area contributed by atoms with Crippen molar-refractivity contribution in [3.63, 3.8) is 0 Å². The van der Waals surface area contributed by atoms with Gasteiger partial charge in [-0.15, -0.1) is 11.6 Å². The van der Waals surface area contributed by atoms with E-state index >= 15 is 0 Å². The van der Waals surface area contributed by atoms with Crippen LogP contribution in [-0.2, 0) is 11.2 Å². The third kappa shape index (κ3) is 3.83. The van der Waals surface area contributed by atoms with Crippen molar-refractivity contribution in [1.82, 2.24) is 0 Å². The minimum atomic E-state index is -1.06. The van der Waals surface area contributed by atoms with Gasteiger partial charge in [0, 0.05) is 5.38 Å². The highest BCUT2D eigenvalue weighted by atomic mass is 35.5. The van der Waals surface area contributed by atoms with Crippen molar-refractivity contribution in [2.24, 2.45) is 0 Å². The lowest BCUT2D eigenvalue weighted by Crippen LogP contribution is -2.11. The molecule has 1 aromatic carbocycles. The van der Waals surface area contributed by atoms with Gasteiger partial charge >= 0.3 is 5.97 Å². The molecule has 0 heterocycles. The zero-order chi connectivity index (χ0) is 11.4. The molecule has 1 N–H and O–H groups in total. The van der Waals surface area contributed by atoms with Crippen LogP contribution in [-0.4, -0.2) is 16.5 Å². The summed E-state index contributed by atoms with van der Waals surface area (Å²) in [6.07, 6.45) is -0.283. The lowest BCUT2D eigenvalue weighted by molar-refractivity contribution is -0.137. The molecule has 1 rings (SSSR count). The third-order valence-electron chi connectivity index (χ3n) is 1.85. The van der Waals surface area contributed by atoms with E-state index in [0.717, 1.165) is 18.2 Å². The number of hydrogen-bond acceptors (Lipinski definition) is 1. The maximum absolute atomic E-state index is 13.1. The molecule has 0 aliphatic carbocycles. The predicted octanol–water partition coefficient (Wildman–Crippen LogP) is 2.59. The molecule has 0 aliphatic heterocycles. The lowest BCUT2D eigenvalue weighted by Gasteiger charge is -2.07. The monoisotopic (exact) mass is 234 g/mol. The molecule has 0 spiro atoms. The molecule has 5 heteroatoms. The lowest BCUT2D eigenvalue weighted by atomic mass is 10.1. The summed E-state index contributed by atoms with van der Waals surface area (Å²) in [5.41, 5.74) is 0.0938. The Bertz CT molecular complexity index is 368. The number of carbonyl (C=O) groups is 1. The molecule has 82 valence electrons. The summed E-state index contributed by atoms with van der Waals surface area (Å²) in [6, 6.07) is 3.01. The molecule has 1 aromatic rings. The van der Waals surface area contributed by atoms with Gasteiger partial charge in [-0.1, -0.05) is 0 Å². The standard InChI is InChI=1S/C10H9ClF2O2/c11-7(5-10(14)15)3-6-4-8(12)1-2-9(6)13/h1-2,4,7H,3,5H2,(H,14,15). The number of alkyl halides is 1. The molecule has 0 radical (unpaired) electrons. The summed E-state index contributed by atoms with van der Waals surface area (Å²) in [5, 5.41) is 7.70. The van der Waals surface area contributed by atoms with E-state index < -0.39 is 23.0 Å². The first-order chi connectivity index (χ1) is 6.99. The maximum atomic E-state index is 13.1. The number of carboxylic acids is 1. The van der Waals surface area contributed by atoms with E-state index in [9.17, 15) is 13.6 Å². The minimum absolute atomic E-state index is 0.00253. The molecule has 2 nitrogen and oxygen atoms in total. The maximum Gasteiger partial charge on any atom is 0.304 e. The highest BCUT2D eigenvalue weighted by molar-refractivity contribution is 6.21. The van der Waals surface area contributed by atoms with Crippen LogP contribution >= 0.6 is 11.6 Å². The van der Waals surface area contributed by atoms with Crippen molar-refractivity contribution in [3.05, 3.63) is 35.4 Å². The second-order valence-corrected chi connectivity index (χ2v) is 3.75. The Morgan fingerprint density at radius 2 is 2.13 bits per heavy atom. The topological polar surface area (TPSA) is 37.3 Å². The Hall–Kier alpha value is -1.16. The van der Waals surface area contributed by atoms with Crippen LogP contribution in [0.1, 0.15) is 12.0 Å². The Balaban J connectivity index is 2.71. The number of aliphatic carboxylic acids is 1. The van der Waals surface area contributed by atoms with Crippen LogP contribution in [0.4, 0.5) is 8.78 Å². The van der Waals surface area contributed by atoms with Crippen molar-refractivity contribution in [3.8, 4) is 0 Å². The molecule has 0 saturated carbocycles. The van der Waals surface area contributed by atoms with E-state index in [0.29, 0.717) is 0 Å². The van der Waals surface area contributed by atoms with E-state index in [1.165, 1.54) is 0 Å². The Kier molecular flexibility index (Phi) is 4.03. The van der Waals surface area contributed by atoms with Gasteiger partial charge in [0.05, 0.1) is 6.42 Å². The van der Waals surface area contributed by atoms with Crippen LogP contribution in [0.3, 0.4) is 0 Å². The van der Waals surface area contributed by atoms with E-state index in [1.54, 1.807) is 0 Å². The van der Waals surface area contributed by atoms with Gasteiger partial charge in [0.1, 0.15) is 11.6 Å². The molecular weight excluding hydrogens is 226 g/mol. The van der Waals surface area contributed by atoms with Gasteiger partial charge in [-0.25, -0.2) is 8.78 Å². The second-order valence-electron chi connectivity index (χ2n) is 3.14.